The summed E-state index contributed by atoms with van der Waals surface area (Å²) in [5, 5.41) is 7.69. The van der Waals surface area contributed by atoms with Crippen LogP contribution in [-0.2, 0) is 23.6 Å². The zero-order valence-corrected chi connectivity index (χ0v) is 13.5. The van der Waals surface area contributed by atoms with Gasteiger partial charge in [0.05, 0.1) is 11.9 Å². The number of aryl methyl sites for hydroxylation is 2. The van der Waals surface area contributed by atoms with E-state index in [-0.39, 0.29) is 0 Å². The summed E-state index contributed by atoms with van der Waals surface area (Å²) in [6.45, 7) is 4.71. The molecule has 2 N–H and O–H groups in total. The van der Waals surface area contributed by atoms with E-state index in [1.807, 2.05) is 37.7 Å². The van der Waals surface area contributed by atoms with Gasteiger partial charge < -0.3 is 5.32 Å². The molecule has 0 spiro atoms. The third kappa shape index (κ3) is 3.98. The minimum atomic E-state index is -3.24. The van der Waals surface area contributed by atoms with E-state index in [9.17, 15) is 8.42 Å². The summed E-state index contributed by atoms with van der Waals surface area (Å²) in [6.07, 6.45) is 1.13. The molecular formula is C14H20N4O2S. The van der Waals surface area contributed by atoms with Crippen LogP contribution >= 0.6 is 0 Å². The van der Waals surface area contributed by atoms with Crippen molar-refractivity contribution in [3.05, 3.63) is 41.2 Å². The smallest absolute Gasteiger partial charge is 0.229 e. The van der Waals surface area contributed by atoms with Crippen molar-refractivity contribution in [1.29, 1.82) is 0 Å². The van der Waals surface area contributed by atoms with E-state index in [1.165, 1.54) is 5.56 Å². The van der Waals surface area contributed by atoms with Crippen molar-refractivity contribution < 1.29 is 8.42 Å². The van der Waals surface area contributed by atoms with Crippen molar-refractivity contribution >= 4 is 21.4 Å². The topological polar surface area (TPSA) is 76.0 Å². The number of hydrogen-bond donors (Lipinski definition) is 2. The van der Waals surface area contributed by atoms with Crippen molar-refractivity contribution in [1.82, 2.24) is 9.78 Å². The highest BCUT2D eigenvalue weighted by molar-refractivity contribution is 7.92. The second-order valence-corrected chi connectivity index (χ2v) is 6.83. The Labute approximate surface area is 125 Å². The van der Waals surface area contributed by atoms with Crippen LogP contribution in [0.15, 0.2) is 24.3 Å². The molecule has 0 saturated carbocycles. The van der Waals surface area contributed by atoms with Crippen molar-refractivity contribution in [3.63, 3.8) is 0 Å². The summed E-state index contributed by atoms with van der Waals surface area (Å²) in [6, 6.07) is 7.14. The molecule has 6 nitrogen and oxygen atoms in total. The molecule has 0 aliphatic carbocycles. The van der Waals surface area contributed by atoms with Gasteiger partial charge in [-0.05, 0) is 38.1 Å². The van der Waals surface area contributed by atoms with Gasteiger partial charge in [0.15, 0.2) is 0 Å². The van der Waals surface area contributed by atoms with E-state index < -0.39 is 10.0 Å². The first kappa shape index (κ1) is 15.4. The molecule has 0 aliphatic rings. The number of rotatable bonds is 5. The van der Waals surface area contributed by atoms with Gasteiger partial charge in [0.25, 0.3) is 0 Å². The molecular weight excluding hydrogens is 288 g/mol. The van der Waals surface area contributed by atoms with Crippen molar-refractivity contribution in [2.45, 2.75) is 20.4 Å². The third-order valence-corrected chi connectivity index (χ3v) is 3.92. The monoisotopic (exact) mass is 308 g/mol. The maximum Gasteiger partial charge on any atom is 0.229 e. The van der Waals surface area contributed by atoms with Crippen LogP contribution < -0.4 is 10.0 Å². The summed E-state index contributed by atoms with van der Waals surface area (Å²) in [4.78, 5) is 0. The first-order valence-corrected chi connectivity index (χ1v) is 8.46. The maximum atomic E-state index is 11.1. The molecule has 7 heteroatoms. The van der Waals surface area contributed by atoms with Crippen LogP contribution in [0.5, 0.6) is 0 Å². The predicted molar refractivity (Wildman–Crippen MR) is 84.9 cm³/mol. The first-order chi connectivity index (χ1) is 9.76. The Bertz CT molecular complexity index is 733. The van der Waals surface area contributed by atoms with Crippen LogP contribution in [0.3, 0.4) is 0 Å². The van der Waals surface area contributed by atoms with Gasteiger partial charge in [-0.2, -0.15) is 5.10 Å². The molecule has 0 amide bonds. The molecule has 114 valence electrons. The number of benzene rings is 1. The second-order valence-electron chi connectivity index (χ2n) is 5.08. The number of nitrogens with one attached hydrogen (secondary N) is 2. The number of sulfonamides is 1. The minimum absolute atomic E-state index is 0.553. The van der Waals surface area contributed by atoms with Gasteiger partial charge in [-0.15, -0.1) is 0 Å². The zero-order chi connectivity index (χ0) is 15.6. The van der Waals surface area contributed by atoms with Crippen molar-refractivity contribution in [2.75, 3.05) is 16.3 Å². The van der Waals surface area contributed by atoms with E-state index in [4.69, 9.17) is 0 Å². The minimum Gasteiger partial charge on any atom is -0.381 e. The zero-order valence-electron chi connectivity index (χ0n) is 12.6. The van der Waals surface area contributed by atoms with E-state index >= 15 is 0 Å². The molecule has 0 bridgehead atoms. The summed E-state index contributed by atoms with van der Waals surface area (Å²) in [7, 11) is -1.31. The molecule has 0 radical (unpaired) electrons. The molecule has 2 rings (SSSR count). The second kappa shape index (κ2) is 5.77. The van der Waals surface area contributed by atoms with Gasteiger partial charge in [0.2, 0.25) is 10.0 Å². The van der Waals surface area contributed by atoms with Gasteiger partial charge >= 0.3 is 0 Å². The van der Waals surface area contributed by atoms with Gasteiger partial charge in [-0.1, -0.05) is 0 Å². The highest BCUT2D eigenvalue weighted by atomic mass is 32.2. The largest absolute Gasteiger partial charge is 0.381 e. The summed E-state index contributed by atoms with van der Waals surface area (Å²) in [5.41, 5.74) is 4.80. The van der Waals surface area contributed by atoms with Crippen LogP contribution in [0.25, 0.3) is 0 Å². The lowest BCUT2D eigenvalue weighted by atomic mass is 10.2. The molecule has 0 aliphatic heterocycles. The quantitative estimate of drug-likeness (QED) is 0.886. The first-order valence-electron chi connectivity index (χ1n) is 6.57. The molecule has 0 saturated heterocycles. The van der Waals surface area contributed by atoms with Crippen LogP contribution in [-0.4, -0.2) is 24.5 Å². The lowest BCUT2D eigenvalue weighted by Crippen LogP contribution is -2.09. The predicted octanol–water partition coefficient (Wildman–Crippen LogP) is 2.02. The molecule has 21 heavy (non-hydrogen) atoms. The fourth-order valence-electron chi connectivity index (χ4n) is 2.13. The van der Waals surface area contributed by atoms with Crippen LogP contribution in [0.1, 0.15) is 17.0 Å². The highest BCUT2D eigenvalue weighted by Crippen LogP contribution is 2.17. The molecule has 1 heterocycles. The average Bonchev–Trinajstić information content (AvgIpc) is 2.61. The van der Waals surface area contributed by atoms with Crippen LogP contribution in [0.4, 0.5) is 11.4 Å². The molecule has 1 aromatic heterocycles. The fourth-order valence-corrected chi connectivity index (χ4v) is 2.70. The molecule has 0 atom stereocenters. The van der Waals surface area contributed by atoms with Gasteiger partial charge in [0, 0.05) is 36.2 Å². The molecule has 1 aromatic carbocycles. The van der Waals surface area contributed by atoms with E-state index in [0.29, 0.717) is 12.2 Å². The van der Waals surface area contributed by atoms with E-state index in [1.54, 1.807) is 12.1 Å². The molecule has 0 fully saturated rings. The Kier molecular flexibility index (Phi) is 4.22. The van der Waals surface area contributed by atoms with Crippen molar-refractivity contribution in [2.24, 2.45) is 7.05 Å². The van der Waals surface area contributed by atoms with Crippen molar-refractivity contribution in [3.8, 4) is 0 Å². The summed E-state index contributed by atoms with van der Waals surface area (Å²) < 4.78 is 26.6. The lowest BCUT2D eigenvalue weighted by Gasteiger charge is -2.09. The maximum absolute atomic E-state index is 11.1. The lowest BCUT2D eigenvalue weighted by molar-refractivity contribution is 0.607. The van der Waals surface area contributed by atoms with Gasteiger partial charge in [0.1, 0.15) is 0 Å². The Morgan fingerprint density at radius 3 is 2.19 bits per heavy atom. The standard InChI is InChI=1S/C14H20N4O2S/c1-10-14(11(2)18(3)16-10)9-15-12-5-7-13(8-6-12)17-21(4,19)20/h5-8,15,17H,9H2,1-4H3. The number of nitrogens with zero attached hydrogens (tertiary/aromatic N) is 2. The third-order valence-electron chi connectivity index (χ3n) is 3.32. The number of aromatic nitrogens is 2. The SMILES string of the molecule is Cc1nn(C)c(C)c1CNc1ccc(NS(C)(=O)=O)cc1. The number of hydrogen-bond acceptors (Lipinski definition) is 4. The van der Waals surface area contributed by atoms with Gasteiger partial charge in [-0.3, -0.25) is 9.40 Å². The Morgan fingerprint density at radius 1 is 1.14 bits per heavy atom. The normalized spacial score (nSPS) is 11.4. The van der Waals surface area contributed by atoms with Crippen LogP contribution in [0.2, 0.25) is 0 Å². The average molecular weight is 308 g/mol. The fraction of sp³-hybridized carbons (Fsp3) is 0.357. The summed E-state index contributed by atoms with van der Waals surface area (Å²) >= 11 is 0. The Hall–Kier alpha value is -2.02. The number of anilines is 2. The highest BCUT2D eigenvalue weighted by Gasteiger charge is 2.08. The Morgan fingerprint density at radius 2 is 1.71 bits per heavy atom. The van der Waals surface area contributed by atoms with Gasteiger partial charge in [-0.25, -0.2) is 8.42 Å². The Balaban J connectivity index is 2.04. The van der Waals surface area contributed by atoms with Crippen LogP contribution in [0, 0.1) is 13.8 Å². The molecule has 2 aromatic rings. The summed E-state index contributed by atoms with van der Waals surface area (Å²) in [5.74, 6) is 0. The van der Waals surface area contributed by atoms with E-state index in [2.05, 4.69) is 15.1 Å². The van der Waals surface area contributed by atoms with E-state index in [0.717, 1.165) is 23.3 Å². The molecule has 0 unspecified atom stereocenters.